The van der Waals surface area contributed by atoms with E-state index >= 15 is 0 Å². The average molecular weight is 418 g/mol. The number of hydrogen-bond acceptors (Lipinski definition) is 3. The molecule has 0 fully saturated rings. The van der Waals surface area contributed by atoms with Gasteiger partial charge in [-0.15, -0.1) is 0 Å². The van der Waals surface area contributed by atoms with Crippen molar-refractivity contribution in [1.29, 1.82) is 0 Å². The number of fused-ring (bicyclic) bond motifs is 5. The summed E-state index contributed by atoms with van der Waals surface area (Å²) >= 11 is 0. The average Bonchev–Trinajstić information content (AvgIpc) is 3.33. The first-order valence-corrected chi connectivity index (χ1v) is 11.3. The molecule has 0 saturated carbocycles. The minimum absolute atomic E-state index is 0.115. The SMILES string of the molecule is CC(C)(C)c1ccc2c(c1)N1c3cccnc3N(c3ccccc3-c3ccccc3)C1C2. The second-order valence-electron chi connectivity index (χ2n) is 9.75. The second kappa shape index (κ2) is 6.96. The fraction of sp³-hybridized carbons (Fsp3) is 0.207. The van der Waals surface area contributed by atoms with E-state index in [2.05, 4.69) is 109 Å². The van der Waals surface area contributed by atoms with E-state index in [1.54, 1.807) is 0 Å². The number of anilines is 4. The van der Waals surface area contributed by atoms with E-state index in [0.717, 1.165) is 12.2 Å². The normalized spacial score (nSPS) is 16.7. The number of para-hydroxylation sites is 1. The molecular formula is C29H27N3. The Labute approximate surface area is 190 Å². The van der Waals surface area contributed by atoms with E-state index in [9.17, 15) is 0 Å². The number of benzene rings is 3. The maximum absolute atomic E-state index is 4.86. The molecule has 0 radical (unpaired) electrons. The Hall–Kier alpha value is -3.59. The molecule has 4 aromatic rings. The van der Waals surface area contributed by atoms with Crippen LogP contribution in [0.4, 0.5) is 22.9 Å². The predicted molar refractivity (Wildman–Crippen MR) is 133 cm³/mol. The molecule has 158 valence electrons. The molecule has 0 spiro atoms. The van der Waals surface area contributed by atoms with Gasteiger partial charge in [-0.05, 0) is 46.4 Å². The molecule has 0 saturated heterocycles. The molecule has 2 aliphatic rings. The summed E-state index contributed by atoms with van der Waals surface area (Å²) in [6.45, 7) is 6.84. The van der Waals surface area contributed by atoms with E-state index in [1.165, 1.54) is 39.3 Å². The molecule has 3 heterocycles. The van der Waals surface area contributed by atoms with Crippen LogP contribution in [0.2, 0.25) is 0 Å². The lowest BCUT2D eigenvalue weighted by atomic mass is 9.86. The van der Waals surface area contributed by atoms with E-state index in [4.69, 9.17) is 4.98 Å². The number of pyridine rings is 1. The predicted octanol–water partition coefficient (Wildman–Crippen LogP) is 7.22. The van der Waals surface area contributed by atoms with Crippen LogP contribution >= 0.6 is 0 Å². The molecule has 2 aliphatic heterocycles. The standard InChI is InChI=1S/C29H27N3/c1-29(2,3)22-16-15-21-18-27-31(26(21)19-22)25-14-9-17-30-28(25)32(27)24-13-8-7-12-23(24)20-10-5-4-6-11-20/h4-17,19,27H,18H2,1-3H3. The highest BCUT2D eigenvalue weighted by Gasteiger charge is 2.44. The summed E-state index contributed by atoms with van der Waals surface area (Å²) in [5.41, 5.74) is 9.05. The number of hydrogen-bond donors (Lipinski definition) is 0. The van der Waals surface area contributed by atoms with Gasteiger partial charge >= 0.3 is 0 Å². The van der Waals surface area contributed by atoms with Gasteiger partial charge in [0.15, 0.2) is 5.82 Å². The first-order chi connectivity index (χ1) is 15.5. The van der Waals surface area contributed by atoms with Crippen LogP contribution in [0, 0.1) is 0 Å². The molecule has 3 nitrogen and oxygen atoms in total. The summed E-state index contributed by atoms with van der Waals surface area (Å²) in [6, 6.07) is 30.6. The Morgan fingerprint density at radius 3 is 2.31 bits per heavy atom. The smallest absolute Gasteiger partial charge is 0.158 e. The van der Waals surface area contributed by atoms with Crippen molar-refractivity contribution in [3.8, 4) is 11.1 Å². The summed E-state index contributed by atoms with van der Waals surface area (Å²) in [4.78, 5) is 9.80. The van der Waals surface area contributed by atoms with Crippen LogP contribution in [-0.2, 0) is 11.8 Å². The van der Waals surface area contributed by atoms with Crippen molar-refractivity contribution in [3.63, 3.8) is 0 Å². The van der Waals surface area contributed by atoms with Crippen molar-refractivity contribution in [2.45, 2.75) is 38.8 Å². The summed E-state index contributed by atoms with van der Waals surface area (Å²) in [5, 5.41) is 0. The van der Waals surface area contributed by atoms with Gasteiger partial charge in [-0.1, -0.05) is 81.4 Å². The van der Waals surface area contributed by atoms with Gasteiger partial charge < -0.3 is 9.80 Å². The third-order valence-corrected chi connectivity index (χ3v) is 6.71. The van der Waals surface area contributed by atoms with Crippen molar-refractivity contribution in [1.82, 2.24) is 4.98 Å². The van der Waals surface area contributed by atoms with Crippen LogP contribution in [0.1, 0.15) is 31.9 Å². The quantitative estimate of drug-likeness (QED) is 0.343. The van der Waals surface area contributed by atoms with E-state index in [0.29, 0.717) is 0 Å². The lowest BCUT2D eigenvalue weighted by Gasteiger charge is -2.29. The van der Waals surface area contributed by atoms with Gasteiger partial charge in [0, 0.05) is 23.9 Å². The first-order valence-electron chi connectivity index (χ1n) is 11.3. The minimum atomic E-state index is 0.115. The van der Waals surface area contributed by atoms with Gasteiger partial charge in [-0.3, -0.25) is 0 Å². The molecule has 0 aliphatic carbocycles. The van der Waals surface area contributed by atoms with Gasteiger partial charge in [0.1, 0.15) is 6.17 Å². The summed E-state index contributed by atoms with van der Waals surface area (Å²) in [7, 11) is 0. The fourth-order valence-electron chi connectivity index (χ4n) is 5.10. The van der Waals surface area contributed by atoms with Crippen molar-refractivity contribution in [2.24, 2.45) is 0 Å². The molecule has 32 heavy (non-hydrogen) atoms. The van der Waals surface area contributed by atoms with Crippen LogP contribution in [0.5, 0.6) is 0 Å². The van der Waals surface area contributed by atoms with Gasteiger partial charge in [0.25, 0.3) is 0 Å². The minimum Gasteiger partial charge on any atom is -0.316 e. The number of aromatic nitrogens is 1. The molecular weight excluding hydrogens is 390 g/mol. The molecule has 3 heteroatoms. The summed E-state index contributed by atoms with van der Waals surface area (Å²) < 4.78 is 0. The van der Waals surface area contributed by atoms with Crippen molar-refractivity contribution in [2.75, 3.05) is 9.80 Å². The van der Waals surface area contributed by atoms with Crippen molar-refractivity contribution >= 4 is 22.9 Å². The highest BCUT2D eigenvalue weighted by atomic mass is 15.5. The third kappa shape index (κ3) is 2.85. The van der Waals surface area contributed by atoms with Gasteiger partial charge in [-0.2, -0.15) is 0 Å². The third-order valence-electron chi connectivity index (χ3n) is 6.71. The largest absolute Gasteiger partial charge is 0.316 e. The van der Waals surface area contributed by atoms with Crippen molar-refractivity contribution < 1.29 is 0 Å². The molecule has 1 atom stereocenters. The van der Waals surface area contributed by atoms with E-state index in [-0.39, 0.29) is 11.6 Å². The zero-order chi connectivity index (χ0) is 21.9. The lowest BCUT2D eigenvalue weighted by Crippen LogP contribution is -2.36. The molecule has 0 N–H and O–H groups in total. The highest BCUT2D eigenvalue weighted by Crippen LogP contribution is 2.53. The Balaban J connectivity index is 1.53. The van der Waals surface area contributed by atoms with Crippen LogP contribution < -0.4 is 9.80 Å². The van der Waals surface area contributed by atoms with Crippen LogP contribution in [-0.4, -0.2) is 11.1 Å². The zero-order valence-corrected chi connectivity index (χ0v) is 18.8. The first kappa shape index (κ1) is 19.1. The van der Waals surface area contributed by atoms with Gasteiger partial charge in [0.2, 0.25) is 0 Å². The maximum Gasteiger partial charge on any atom is 0.158 e. The van der Waals surface area contributed by atoms with E-state index < -0.39 is 0 Å². The topological polar surface area (TPSA) is 19.4 Å². The Morgan fingerprint density at radius 2 is 1.50 bits per heavy atom. The van der Waals surface area contributed by atoms with Crippen LogP contribution in [0.3, 0.4) is 0 Å². The second-order valence-corrected chi connectivity index (χ2v) is 9.75. The fourth-order valence-corrected chi connectivity index (χ4v) is 5.10. The maximum atomic E-state index is 4.86. The monoisotopic (exact) mass is 417 g/mol. The Kier molecular flexibility index (Phi) is 4.16. The molecule has 1 unspecified atom stereocenters. The number of nitrogens with zero attached hydrogens (tertiary/aromatic N) is 3. The lowest BCUT2D eigenvalue weighted by molar-refractivity contribution is 0.590. The molecule has 0 bridgehead atoms. The zero-order valence-electron chi connectivity index (χ0n) is 18.8. The number of rotatable bonds is 2. The van der Waals surface area contributed by atoms with Crippen molar-refractivity contribution in [3.05, 3.63) is 102 Å². The summed E-state index contributed by atoms with van der Waals surface area (Å²) in [6.07, 6.45) is 3.07. The molecule has 0 amide bonds. The molecule has 6 rings (SSSR count). The van der Waals surface area contributed by atoms with E-state index in [1.807, 2.05) is 12.3 Å². The molecule has 1 aromatic heterocycles. The van der Waals surface area contributed by atoms with Crippen LogP contribution in [0.25, 0.3) is 11.1 Å². The molecule has 3 aromatic carbocycles. The Bertz CT molecular complexity index is 1300. The summed E-state index contributed by atoms with van der Waals surface area (Å²) in [5.74, 6) is 1.03. The Morgan fingerprint density at radius 1 is 0.750 bits per heavy atom. The van der Waals surface area contributed by atoms with Crippen LogP contribution in [0.15, 0.2) is 91.1 Å². The highest BCUT2D eigenvalue weighted by molar-refractivity contribution is 5.93. The van der Waals surface area contributed by atoms with Gasteiger partial charge in [-0.25, -0.2) is 4.98 Å². The van der Waals surface area contributed by atoms with Gasteiger partial charge in [0.05, 0.1) is 11.4 Å².